The second-order valence-corrected chi connectivity index (χ2v) is 6.00. The van der Waals surface area contributed by atoms with Crippen molar-refractivity contribution in [2.45, 2.75) is 26.2 Å². The summed E-state index contributed by atoms with van der Waals surface area (Å²) in [5, 5.41) is 3.16. The molecule has 0 atom stereocenters. The number of benzene rings is 1. The maximum atomic E-state index is 13.0. The van der Waals surface area contributed by atoms with E-state index in [1.165, 1.54) is 18.2 Å². The lowest BCUT2D eigenvalue weighted by atomic mass is 9.96. The average Bonchev–Trinajstić information content (AvgIpc) is 2.40. The first-order valence-electron chi connectivity index (χ1n) is 6.50. The van der Waals surface area contributed by atoms with Gasteiger partial charge in [-0.05, 0) is 18.2 Å². The Balaban J connectivity index is 2.39. The van der Waals surface area contributed by atoms with E-state index in [9.17, 15) is 4.39 Å². The van der Waals surface area contributed by atoms with E-state index in [2.05, 4.69) is 15.3 Å². The second kappa shape index (κ2) is 5.85. The van der Waals surface area contributed by atoms with E-state index < -0.39 is 5.82 Å². The van der Waals surface area contributed by atoms with Crippen molar-refractivity contribution >= 4 is 17.4 Å². The van der Waals surface area contributed by atoms with Gasteiger partial charge in [0.25, 0.3) is 0 Å². The summed E-state index contributed by atoms with van der Waals surface area (Å²) >= 11 is 5.96. The van der Waals surface area contributed by atoms with Crippen LogP contribution in [0.25, 0.3) is 0 Å². The van der Waals surface area contributed by atoms with Gasteiger partial charge < -0.3 is 10.1 Å². The number of halogens is 2. The molecule has 6 heteroatoms. The third-order valence-corrected chi connectivity index (χ3v) is 3.03. The summed E-state index contributed by atoms with van der Waals surface area (Å²) in [5.74, 6) is 1.57. The summed E-state index contributed by atoms with van der Waals surface area (Å²) < 4.78 is 18.7. The molecule has 1 N–H and O–H groups in total. The van der Waals surface area contributed by atoms with Crippen LogP contribution in [0.15, 0.2) is 24.3 Å². The van der Waals surface area contributed by atoms with Crippen molar-refractivity contribution < 1.29 is 9.13 Å². The predicted octanol–water partition coefficient (Wildman–Crippen LogP) is 4.40. The zero-order valence-corrected chi connectivity index (χ0v) is 13.1. The van der Waals surface area contributed by atoms with Gasteiger partial charge >= 0.3 is 0 Å². The van der Waals surface area contributed by atoms with Crippen molar-refractivity contribution in [1.82, 2.24) is 9.97 Å². The number of anilines is 1. The number of aromatic nitrogens is 2. The molecule has 0 aliphatic carbocycles. The molecule has 1 aromatic carbocycles. The van der Waals surface area contributed by atoms with Gasteiger partial charge in [-0.2, -0.15) is 4.98 Å². The molecule has 1 aromatic heterocycles. The standard InChI is InChI=1S/C15H17ClFN3O/c1-15(2,3)14-19-12(18-4)8-13(20-14)21-11-6-5-9(17)7-10(11)16/h5-8H,1-4H3,(H,18,19,20). The van der Waals surface area contributed by atoms with E-state index in [0.717, 1.165) is 0 Å². The maximum absolute atomic E-state index is 13.0. The minimum Gasteiger partial charge on any atom is -0.437 e. The summed E-state index contributed by atoms with van der Waals surface area (Å²) in [6.07, 6.45) is 0. The molecule has 1 heterocycles. The average molecular weight is 310 g/mol. The molecule has 2 rings (SSSR count). The summed E-state index contributed by atoms with van der Waals surface area (Å²) in [5.41, 5.74) is -0.225. The van der Waals surface area contributed by atoms with Gasteiger partial charge in [-0.25, -0.2) is 9.37 Å². The van der Waals surface area contributed by atoms with Crippen LogP contribution in [-0.4, -0.2) is 17.0 Å². The lowest BCUT2D eigenvalue weighted by Crippen LogP contribution is -2.17. The van der Waals surface area contributed by atoms with Crippen LogP contribution >= 0.6 is 11.6 Å². The van der Waals surface area contributed by atoms with E-state index >= 15 is 0 Å². The summed E-state index contributed by atoms with van der Waals surface area (Å²) in [4.78, 5) is 8.79. The fourth-order valence-corrected chi connectivity index (χ4v) is 1.82. The molecule has 0 fully saturated rings. The van der Waals surface area contributed by atoms with Crippen molar-refractivity contribution in [2.24, 2.45) is 0 Å². The van der Waals surface area contributed by atoms with E-state index in [4.69, 9.17) is 16.3 Å². The zero-order valence-electron chi connectivity index (χ0n) is 12.4. The third-order valence-electron chi connectivity index (χ3n) is 2.74. The van der Waals surface area contributed by atoms with Crippen LogP contribution < -0.4 is 10.1 Å². The first-order valence-corrected chi connectivity index (χ1v) is 6.87. The number of hydrogen-bond donors (Lipinski definition) is 1. The smallest absolute Gasteiger partial charge is 0.224 e. The molecule has 0 radical (unpaired) electrons. The molecule has 0 aliphatic heterocycles. The molecule has 21 heavy (non-hydrogen) atoms. The Morgan fingerprint density at radius 2 is 1.90 bits per heavy atom. The van der Waals surface area contributed by atoms with Crippen LogP contribution in [0, 0.1) is 5.82 Å². The molecule has 0 aliphatic rings. The highest BCUT2D eigenvalue weighted by molar-refractivity contribution is 6.32. The molecule has 0 spiro atoms. The minimum absolute atomic E-state index is 0.192. The molecule has 2 aromatic rings. The summed E-state index contributed by atoms with van der Waals surface area (Å²) in [6.45, 7) is 6.03. The molecule has 0 saturated carbocycles. The van der Waals surface area contributed by atoms with Crippen molar-refractivity contribution in [1.29, 1.82) is 0 Å². The van der Waals surface area contributed by atoms with E-state index in [-0.39, 0.29) is 10.4 Å². The van der Waals surface area contributed by atoms with Crippen molar-refractivity contribution in [3.8, 4) is 11.6 Å². The fraction of sp³-hybridized carbons (Fsp3) is 0.333. The molecule has 112 valence electrons. The van der Waals surface area contributed by atoms with Crippen LogP contribution in [0.3, 0.4) is 0 Å². The van der Waals surface area contributed by atoms with E-state index in [1.807, 2.05) is 20.8 Å². The van der Waals surface area contributed by atoms with Crippen LogP contribution in [0.2, 0.25) is 5.02 Å². The van der Waals surface area contributed by atoms with Crippen molar-refractivity contribution in [2.75, 3.05) is 12.4 Å². The normalized spacial score (nSPS) is 11.3. The number of ether oxygens (including phenoxy) is 1. The Bertz CT molecular complexity index is 656. The summed E-state index contributed by atoms with van der Waals surface area (Å²) in [6, 6.07) is 5.61. The Labute approximate surface area is 128 Å². The molecule has 0 amide bonds. The molecule has 0 bridgehead atoms. The van der Waals surface area contributed by atoms with Gasteiger partial charge in [0.05, 0.1) is 5.02 Å². The maximum Gasteiger partial charge on any atom is 0.224 e. The van der Waals surface area contributed by atoms with Gasteiger partial charge in [0, 0.05) is 18.5 Å². The third kappa shape index (κ3) is 3.82. The highest BCUT2D eigenvalue weighted by Gasteiger charge is 2.20. The van der Waals surface area contributed by atoms with Crippen LogP contribution in [0.5, 0.6) is 11.6 Å². The fourth-order valence-electron chi connectivity index (χ4n) is 1.61. The molecule has 4 nitrogen and oxygen atoms in total. The number of hydrogen-bond acceptors (Lipinski definition) is 4. The predicted molar refractivity (Wildman–Crippen MR) is 81.8 cm³/mol. The second-order valence-electron chi connectivity index (χ2n) is 5.59. The van der Waals surface area contributed by atoms with Gasteiger partial charge in [-0.15, -0.1) is 0 Å². The molecule has 0 unspecified atom stereocenters. The number of nitrogens with zero attached hydrogens (tertiary/aromatic N) is 2. The Morgan fingerprint density at radius 3 is 2.48 bits per heavy atom. The van der Waals surface area contributed by atoms with Crippen LogP contribution in [0.1, 0.15) is 26.6 Å². The topological polar surface area (TPSA) is 47.0 Å². The quantitative estimate of drug-likeness (QED) is 0.913. The SMILES string of the molecule is CNc1cc(Oc2ccc(F)cc2Cl)nc(C(C)(C)C)n1. The Morgan fingerprint density at radius 1 is 1.19 bits per heavy atom. The van der Waals surface area contributed by atoms with Crippen LogP contribution in [0.4, 0.5) is 10.2 Å². The Hall–Kier alpha value is -1.88. The van der Waals surface area contributed by atoms with Crippen LogP contribution in [-0.2, 0) is 5.41 Å². The first-order chi connectivity index (χ1) is 9.79. The van der Waals surface area contributed by atoms with Crippen molar-refractivity contribution in [3.05, 3.63) is 40.9 Å². The summed E-state index contributed by atoms with van der Waals surface area (Å²) in [7, 11) is 1.77. The number of rotatable bonds is 3. The molecular formula is C15H17ClFN3O. The van der Waals surface area contributed by atoms with Crippen molar-refractivity contribution in [3.63, 3.8) is 0 Å². The minimum atomic E-state index is -0.415. The number of nitrogens with one attached hydrogen (secondary N) is 1. The highest BCUT2D eigenvalue weighted by atomic mass is 35.5. The van der Waals surface area contributed by atoms with Gasteiger partial charge in [0.1, 0.15) is 23.2 Å². The first kappa shape index (κ1) is 15.5. The van der Waals surface area contributed by atoms with E-state index in [0.29, 0.717) is 23.3 Å². The lowest BCUT2D eigenvalue weighted by molar-refractivity contribution is 0.445. The largest absolute Gasteiger partial charge is 0.437 e. The van der Waals surface area contributed by atoms with Gasteiger partial charge in [-0.3, -0.25) is 0 Å². The van der Waals surface area contributed by atoms with Gasteiger partial charge in [0.2, 0.25) is 5.88 Å². The molecule has 0 saturated heterocycles. The zero-order chi connectivity index (χ0) is 15.6. The lowest BCUT2D eigenvalue weighted by Gasteiger charge is -2.18. The van der Waals surface area contributed by atoms with E-state index in [1.54, 1.807) is 13.1 Å². The highest BCUT2D eigenvalue weighted by Crippen LogP contribution is 2.31. The Kier molecular flexibility index (Phi) is 4.32. The molecular weight excluding hydrogens is 293 g/mol. The monoisotopic (exact) mass is 309 g/mol. The van der Waals surface area contributed by atoms with Gasteiger partial charge in [0.15, 0.2) is 0 Å². The van der Waals surface area contributed by atoms with Gasteiger partial charge in [-0.1, -0.05) is 32.4 Å².